The van der Waals surface area contributed by atoms with Gasteiger partial charge in [0.15, 0.2) is 0 Å². The average molecular weight is 179 g/mol. The van der Waals surface area contributed by atoms with Crippen LogP contribution < -0.4 is 4.72 Å². The molecule has 0 aromatic heterocycles. The van der Waals surface area contributed by atoms with Gasteiger partial charge in [-0.2, -0.15) is 0 Å². The Morgan fingerprint density at radius 3 is 2.40 bits per heavy atom. The molecule has 4 heteroatoms. The van der Waals surface area contributed by atoms with Gasteiger partial charge >= 0.3 is 0 Å². The summed E-state index contributed by atoms with van der Waals surface area (Å²) in [6, 6.07) is 0.561. The molecule has 0 heterocycles. The molecule has 0 amide bonds. The van der Waals surface area contributed by atoms with Crippen LogP contribution in [0.2, 0.25) is 0 Å². The van der Waals surface area contributed by atoms with Gasteiger partial charge in [0.1, 0.15) is 0 Å². The van der Waals surface area contributed by atoms with E-state index in [1.165, 1.54) is 11.0 Å². The molecule has 1 aliphatic rings. The molecule has 0 atom stereocenters. The molecule has 0 aromatic carbocycles. The normalized spacial score (nSPS) is 34.2. The maximum Gasteiger partial charge on any atom is 0.0541 e. The summed E-state index contributed by atoms with van der Waals surface area (Å²) in [5.74, 6) is 0. The second-order valence-corrected chi connectivity index (χ2v) is 3.68. The van der Waals surface area contributed by atoms with Crippen molar-refractivity contribution in [3.05, 3.63) is 0 Å². The van der Waals surface area contributed by atoms with E-state index in [0.717, 1.165) is 25.7 Å². The molecule has 0 bridgehead atoms. The van der Waals surface area contributed by atoms with Crippen molar-refractivity contribution < 1.29 is 5.11 Å². The van der Waals surface area contributed by atoms with Crippen molar-refractivity contribution >= 4 is 22.6 Å². The Morgan fingerprint density at radius 1 is 1.30 bits per heavy atom. The first kappa shape index (κ1) is 8.71. The van der Waals surface area contributed by atoms with E-state index in [2.05, 4.69) is 16.4 Å². The van der Waals surface area contributed by atoms with Crippen LogP contribution in [0.25, 0.3) is 0 Å². The molecular weight excluding hydrogens is 166 g/mol. The minimum atomic E-state index is -0.0528. The fourth-order valence-electron chi connectivity index (χ4n) is 1.27. The largest absolute Gasteiger partial charge is 0.393 e. The van der Waals surface area contributed by atoms with Crippen molar-refractivity contribution in [2.75, 3.05) is 0 Å². The van der Waals surface area contributed by atoms with Gasteiger partial charge in [-0.05, 0) is 36.7 Å². The zero-order valence-electron chi connectivity index (χ0n) is 5.79. The predicted octanol–water partition coefficient (Wildman–Crippen LogP) is 1.37. The highest BCUT2D eigenvalue weighted by atomic mass is 33.1. The molecule has 10 heavy (non-hydrogen) atoms. The fraction of sp³-hybridized carbons (Fsp3) is 1.00. The molecular formula is C6H13NOS2. The lowest BCUT2D eigenvalue weighted by Crippen LogP contribution is -2.29. The van der Waals surface area contributed by atoms with Gasteiger partial charge in [0.25, 0.3) is 0 Å². The number of hydrogen-bond acceptors (Lipinski definition) is 4. The third kappa shape index (κ3) is 2.70. The Labute approximate surface area is 70.7 Å². The number of rotatable bonds is 2. The zero-order chi connectivity index (χ0) is 7.40. The van der Waals surface area contributed by atoms with Crippen molar-refractivity contribution in [1.82, 2.24) is 4.72 Å². The maximum absolute atomic E-state index is 9.14. The molecule has 1 saturated carbocycles. The van der Waals surface area contributed by atoms with Crippen molar-refractivity contribution in [2.24, 2.45) is 0 Å². The summed E-state index contributed by atoms with van der Waals surface area (Å²) in [6.45, 7) is 0. The highest BCUT2D eigenvalue weighted by Gasteiger charge is 2.18. The Bertz CT molecular complexity index is 93.7. The zero-order valence-corrected chi connectivity index (χ0v) is 7.50. The quantitative estimate of drug-likeness (QED) is 0.340. The van der Waals surface area contributed by atoms with E-state index in [1.807, 2.05) is 0 Å². The summed E-state index contributed by atoms with van der Waals surface area (Å²) in [7, 11) is 1.37. The molecule has 0 spiro atoms. The van der Waals surface area contributed by atoms with Crippen LogP contribution in [0.1, 0.15) is 25.7 Å². The van der Waals surface area contributed by atoms with Gasteiger partial charge < -0.3 is 5.11 Å². The highest BCUT2D eigenvalue weighted by molar-refractivity contribution is 8.67. The summed E-state index contributed by atoms with van der Waals surface area (Å²) in [5, 5.41) is 9.14. The number of nitrogens with one attached hydrogen (secondary N) is 1. The second kappa shape index (κ2) is 4.49. The first-order valence-corrected chi connectivity index (χ1v) is 5.44. The van der Waals surface area contributed by atoms with E-state index >= 15 is 0 Å². The molecule has 2 N–H and O–H groups in total. The van der Waals surface area contributed by atoms with Gasteiger partial charge in [0.05, 0.1) is 6.10 Å². The topological polar surface area (TPSA) is 32.3 Å². The lowest BCUT2D eigenvalue weighted by molar-refractivity contribution is 0.121. The van der Waals surface area contributed by atoms with Gasteiger partial charge in [0.2, 0.25) is 0 Å². The van der Waals surface area contributed by atoms with E-state index in [4.69, 9.17) is 5.11 Å². The van der Waals surface area contributed by atoms with Crippen molar-refractivity contribution in [3.63, 3.8) is 0 Å². The molecule has 0 saturated heterocycles. The van der Waals surface area contributed by atoms with Gasteiger partial charge in [-0.1, -0.05) is 11.7 Å². The molecule has 1 aliphatic carbocycles. The molecule has 0 unspecified atom stereocenters. The Kier molecular flexibility index (Phi) is 3.91. The van der Waals surface area contributed by atoms with Crippen LogP contribution in [-0.2, 0) is 0 Å². The SMILES string of the molecule is OC1CCC(NSS)CC1. The lowest BCUT2D eigenvalue weighted by Gasteiger charge is -2.24. The molecule has 60 valence electrons. The van der Waals surface area contributed by atoms with E-state index in [0.29, 0.717) is 6.04 Å². The van der Waals surface area contributed by atoms with E-state index in [9.17, 15) is 0 Å². The maximum atomic E-state index is 9.14. The molecule has 1 fully saturated rings. The van der Waals surface area contributed by atoms with Gasteiger partial charge in [0, 0.05) is 6.04 Å². The summed E-state index contributed by atoms with van der Waals surface area (Å²) in [6.07, 6.45) is 3.98. The lowest BCUT2D eigenvalue weighted by atomic mass is 9.94. The smallest absolute Gasteiger partial charge is 0.0541 e. The van der Waals surface area contributed by atoms with Crippen LogP contribution in [0, 0.1) is 0 Å². The molecule has 0 aromatic rings. The summed E-state index contributed by atoms with van der Waals surface area (Å²) < 4.78 is 3.17. The van der Waals surface area contributed by atoms with Gasteiger partial charge in [-0.25, -0.2) is 0 Å². The van der Waals surface area contributed by atoms with E-state index in [1.54, 1.807) is 0 Å². The van der Waals surface area contributed by atoms with E-state index in [-0.39, 0.29) is 6.10 Å². The first-order valence-electron chi connectivity index (χ1n) is 3.57. The van der Waals surface area contributed by atoms with E-state index < -0.39 is 0 Å². The molecule has 0 radical (unpaired) electrons. The monoisotopic (exact) mass is 179 g/mol. The predicted molar refractivity (Wildman–Crippen MR) is 48.0 cm³/mol. The van der Waals surface area contributed by atoms with Crippen LogP contribution in [0.5, 0.6) is 0 Å². The minimum absolute atomic E-state index is 0.0528. The number of aliphatic hydroxyl groups is 1. The van der Waals surface area contributed by atoms with Crippen LogP contribution in [0.3, 0.4) is 0 Å². The molecule has 0 aliphatic heterocycles. The van der Waals surface area contributed by atoms with Crippen molar-refractivity contribution in [1.29, 1.82) is 0 Å². The van der Waals surface area contributed by atoms with Crippen LogP contribution >= 0.6 is 22.6 Å². The second-order valence-electron chi connectivity index (χ2n) is 2.71. The third-order valence-corrected chi connectivity index (χ3v) is 2.67. The number of hydrogen-bond donors (Lipinski definition) is 3. The molecule has 2 nitrogen and oxygen atoms in total. The summed E-state index contributed by atoms with van der Waals surface area (Å²) in [5.41, 5.74) is 0. The first-order chi connectivity index (χ1) is 4.83. The van der Waals surface area contributed by atoms with Crippen molar-refractivity contribution in [2.45, 2.75) is 37.8 Å². The highest BCUT2D eigenvalue weighted by Crippen LogP contribution is 2.20. The van der Waals surface area contributed by atoms with Crippen LogP contribution in [0.15, 0.2) is 0 Å². The summed E-state index contributed by atoms with van der Waals surface area (Å²) >= 11 is 4.00. The standard InChI is InChI=1S/C6H13NOS2/c8-6-3-1-5(2-4-6)7-10-9/h5-9H,1-4H2. The Balaban J connectivity index is 2.13. The fourth-order valence-corrected chi connectivity index (χ4v) is 2.10. The van der Waals surface area contributed by atoms with Gasteiger partial charge in [-0.3, -0.25) is 4.72 Å². The van der Waals surface area contributed by atoms with Crippen molar-refractivity contribution in [3.8, 4) is 0 Å². The Morgan fingerprint density at radius 2 is 1.90 bits per heavy atom. The average Bonchev–Trinajstić information content (AvgIpc) is 1.95. The van der Waals surface area contributed by atoms with Crippen LogP contribution in [-0.4, -0.2) is 17.3 Å². The summed E-state index contributed by atoms with van der Waals surface area (Å²) in [4.78, 5) is 0. The number of aliphatic hydroxyl groups excluding tert-OH is 1. The molecule has 1 rings (SSSR count). The number of thiol groups is 1. The van der Waals surface area contributed by atoms with Gasteiger partial charge in [-0.15, -0.1) is 0 Å². The third-order valence-electron chi connectivity index (χ3n) is 1.92. The minimum Gasteiger partial charge on any atom is -0.393 e. The Hall–Kier alpha value is 0.620. The van der Waals surface area contributed by atoms with Crippen LogP contribution in [0.4, 0.5) is 0 Å².